The first-order chi connectivity index (χ1) is 14.9. The molecule has 3 aromatic rings. The van der Waals surface area contributed by atoms with Gasteiger partial charge >= 0.3 is 5.69 Å². The number of nitro benzene ring substituents is 1. The van der Waals surface area contributed by atoms with Crippen LogP contribution < -0.4 is 14.9 Å². The van der Waals surface area contributed by atoms with Crippen LogP contribution in [0.2, 0.25) is 5.02 Å². The molecule has 2 aromatic carbocycles. The van der Waals surface area contributed by atoms with Crippen molar-refractivity contribution in [1.29, 1.82) is 0 Å². The van der Waals surface area contributed by atoms with Crippen molar-refractivity contribution in [2.75, 3.05) is 13.7 Å². The summed E-state index contributed by atoms with van der Waals surface area (Å²) in [4.78, 5) is 22.4. The Morgan fingerprint density at radius 1 is 1.26 bits per heavy atom. The normalized spacial score (nSPS) is 10.8. The van der Waals surface area contributed by atoms with Crippen molar-refractivity contribution in [2.24, 2.45) is 5.10 Å². The van der Waals surface area contributed by atoms with Crippen LogP contribution in [-0.4, -0.2) is 30.8 Å². The highest BCUT2D eigenvalue weighted by Gasteiger charge is 2.16. The van der Waals surface area contributed by atoms with Gasteiger partial charge in [0.1, 0.15) is 17.3 Å². The molecule has 0 fully saturated rings. The van der Waals surface area contributed by atoms with Crippen LogP contribution in [0.15, 0.2) is 62.5 Å². The second-order valence-electron chi connectivity index (χ2n) is 6.00. The molecule has 1 amide bonds. The van der Waals surface area contributed by atoms with Gasteiger partial charge in [0.05, 0.1) is 23.3 Å². The first-order valence-corrected chi connectivity index (χ1v) is 9.87. The van der Waals surface area contributed by atoms with E-state index in [9.17, 15) is 14.9 Å². The Hall–Kier alpha value is -3.37. The minimum Gasteiger partial charge on any atom is -0.495 e. The molecule has 11 heteroatoms. The van der Waals surface area contributed by atoms with E-state index in [1.807, 2.05) is 0 Å². The number of hydrogen-bond acceptors (Lipinski definition) is 7. The Bertz CT molecular complexity index is 1150. The summed E-state index contributed by atoms with van der Waals surface area (Å²) in [6.07, 6.45) is 1.31. The smallest absolute Gasteiger partial charge is 0.312 e. The lowest BCUT2D eigenvalue weighted by Gasteiger charge is -2.05. The van der Waals surface area contributed by atoms with Crippen molar-refractivity contribution in [3.8, 4) is 22.8 Å². The van der Waals surface area contributed by atoms with Crippen LogP contribution in [0.5, 0.6) is 11.5 Å². The molecule has 0 spiro atoms. The summed E-state index contributed by atoms with van der Waals surface area (Å²) in [5.41, 5.74) is 2.76. The summed E-state index contributed by atoms with van der Waals surface area (Å²) in [6, 6.07) is 12.9. The summed E-state index contributed by atoms with van der Waals surface area (Å²) < 4.78 is 16.5. The third kappa shape index (κ3) is 5.83. The van der Waals surface area contributed by atoms with Gasteiger partial charge < -0.3 is 13.9 Å². The second-order valence-corrected chi connectivity index (χ2v) is 7.33. The zero-order valence-corrected chi connectivity index (χ0v) is 18.3. The van der Waals surface area contributed by atoms with E-state index in [1.165, 1.54) is 25.5 Å². The van der Waals surface area contributed by atoms with Gasteiger partial charge in [-0.05, 0) is 42.5 Å². The number of nitrogens with zero attached hydrogens (tertiary/aromatic N) is 2. The molecule has 160 valence electrons. The Morgan fingerprint density at radius 2 is 2.03 bits per heavy atom. The Morgan fingerprint density at radius 3 is 2.74 bits per heavy atom. The topological polar surface area (TPSA) is 116 Å². The number of hydrazone groups is 1. The first-order valence-electron chi connectivity index (χ1n) is 8.70. The molecule has 0 bridgehead atoms. The Balaban J connectivity index is 1.56. The molecule has 1 aromatic heterocycles. The minimum atomic E-state index is -0.597. The molecule has 0 radical (unpaired) electrons. The second kappa shape index (κ2) is 10.1. The highest BCUT2D eigenvalue weighted by atomic mass is 79.9. The SMILES string of the molecule is COc1ccc(-c2ccc(C=NNC(=O)COc3ccc(Br)cc3[N+](=O)[O-])o2)cc1Cl. The van der Waals surface area contributed by atoms with Gasteiger partial charge in [-0.3, -0.25) is 14.9 Å². The average molecular weight is 509 g/mol. The number of ether oxygens (including phenoxy) is 2. The molecule has 0 aliphatic carbocycles. The largest absolute Gasteiger partial charge is 0.495 e. The maximum absolute atomic E-state index is 11.9. The maximum Gasteiger partial charge on any atom is 0.312 e. The molecule has 0 saturated heterocycles. The molecule has 0 aliphatic heterocycles. The van der Waals surface area contributed by atoms with Gasteiger partial charge in [-0.2, -0.15) is 5.10 Å². The quantitative estimate of drug-likeness (QED) is 0.265. The van der Waals surface area contributed by atoms with E-state index >= 15 is 0 Å². The monoisotopic (exact) mass is 507 g/mol. The molecular formula is C20H15BrClN3O6. The Kier molecular flexibility index (Phi) is 7.27. The van der Waals surface area contributed by atoms with Gasteiger partial charge in [0.2, 0.25) is 0 Å². The zero-order chi connectivity index (χ0) is 22.4. The van der Waals surface area contributed by atoms with E-state index in [0.717, 1.165) is 5.56 Å². The summed E-state index contributed by atoms with van der Waals surface area (Å²) in [5.74, 6) is 0.885. The van der Waals surface area contributed by atoms with Crippen molar-refractivity contribution in [3.63, 3.8) is 0 Å². The molecule has 0 aliphatic rings. The van der Waals surface area contributed by atoms with Crippen LogP contribution in [0.1, 0.15) is 5.76 Å². The highest BCUT2D eigenvalue weighted by molar-refractivity contribution is 9.10. The van der Waals surface area contributed by atoms with E-state index < -0.39 is 17.4 Å². The number of furan rings is 1. The summed E-state index contributed by atoms with van der Waals surface area (Å²) in [6.45, 7) is -0.451. The fourth-order valence-corrected chi connectivity index (χ4v) is 3.10. The number of benzene rings is 2. The number of amides is 1. The van der Waals surface area contributed by atoms with E-state index in [-0.39, 0.29) is 11.4 Å². The summed E-state index contributed by atoms with van der Waals surface area (Å²) in [7, 11) is 1.53. The number of hydrogen-bond donors (Lipinski definition) is 1. The lowest BCUT2D eigenvalue weighted by atomic mass is 10.2. The predicted octanol–water partition coefficient (Wildman–Crippen LogP) is 4.81. The Labute approximate surface area is 189 Å². The molecule has 1 heterocycles. The number of nitro groups is 1. The fourth-order valence-electron chi connectivity index (χ4n) is 2.50. The van der Waals surface area contributed by atoms with Crippen LogP contribution in [-0.2, 0) is 4.79 Å². The minimum absolute atomic E-state index is 0.0267. The molecule has 0 saturated carbocycles. The zero-order valence-electron chi connectivity index (χ0n) is 16.0. The van der Waals surface area contributed by atoms with Gasteiger partial charge in [0.25, 0.3) is 5.91 Å². The number of rotatable bonds is 8. The maximum atomic E-state index is 11.9. The van der Waals surface area contributed by atoms with Gasteiger partial charge in [0, 0.05) is 16.1 Å². The number of halogens is 2. The number of methoxy groups -OCH3 is 1. The molecular weight excluding hydrogens is 494 g/mol. The van der Waals surface area contributed by atoms with Crippen LogP contribution in [0.4, 0.5) is 5.69 Å². The van der Waals surface area contributed by atoms with Gasteiger partial charge in [0.15, 0.2) is 12.4 Å². The molecule has 1 N–H and O–H groups in total. The van der Waals surface area contributed by atoms with Gasteiger partial charge in [-0.15, -0.1) is 0 Å². The van der Waals surface area contributed by atoms with Crippen LogP contribution in [0, 0.1) is 10.1 Å². The standard InChI is InChI=1S/C20H15BrClN3O6/c1-29-18-5-2-12(8-15(18)22)17-7-4-14(31-17)10-23-24-20(26)11-30-19-6-3-13(21)9-16(19)25(27)28/h2-10H,11H2,1H3,(H,24,26). The van der Waals surface area contributed by atoms with Crippen molar-refractivity contribution in [2.45, 2.75) is 0 Å². The third-order valence-electron chi connectivity index (χ3n) is 3.92. The number of carbonyl (C=O) groups excluding carboxylic acids is 1. The van der Waals surface area contributed by atoms with E-state index in [0.29, 0.717) is 26.8 Å². The third-order valence-corrected chi connectivity index (χ3v) is 4.71. The van der Waals surface area contributed by atoms with E-state index in [4.69, 9.17) is 25.5 Å². The number of nitrogens with one attached hydrogen (secondary N) is 1. The predicted molar refractivity (Wildman–Crippen MR) is 118 cm³/mol. The lowest BCUT2D eigenvalue weighted by Crippen LogP contribution is -2.24. The van der Waals surface area contributed by atoms with Crippen molar-refractivity contribution >= 4 is 45.3 Å². The summed E-state index contributed by atoms with van der Waals surface area (Å²) >= 11 is 9.27. The van der Waals surface area contributed by atoms with E-state index in [2.05, 4.69) is 26.5 Å². The van der Waals surface area contributed by atoms with Crippen molar-refractivity contribution in [3.05, 3.63) is 73.9 Å². The molecule has 0 atom stereocenters. The lowest BCUT2D eigenvalue weighted by molar-refractivity contribution is -0.385. The number of carbonyl (C=O) groups is 1. The van der Waals surface area contributed by atoms with Crippen LogP contribution in [0.25, 0.3) is 11.3 Å². The molecule has 31 heavy (non-hydrogen) atoms. The van der Waals surface area contributed by atoms with Gasteiger partial charge in [-0.25, -0.2) is 5.43 Å². The molecule has 0 unspecified atom stereocenters. The first kappa shape index (κ1) is 22.3. The fraction of sp³-hybridized carbons (Fsp3) is 0.100. The highest BCUT2D eigenvalue weighted by Crippen LogP contribution is 2.31. The van der Waals surface area contributed by atoms with Gasteiger partial charge in [-0.1, -0.05) is 27.5 Å². The van der Waals surface area contributed by atoms with Crippen molar-refractivity contribution in [1.82, 2.24) is 5.43 Å². The van der Waals surface area contributed by atoms with E-state index in [1.54, 1.807) is 36.4 Å². The molecule has 9 nitrogen and oxygen atoms in total. The van der Waals surface area contributed by atoms with Crippen molar-refractivity contribution < 1.29 is 23.6 Å². The molecule has 3 rings (SSSR count). The van der Waals surface area contributed by atoms with Crippen LogP contribution in [0.3, 0.4) is 0 Å². The van der Waals surface area contributed by atoms with Crippen LogP contribution >= 0.6 is 27.5 Å². The average Bonchev–Trinajstić information content (AvgIpc) is 3.21. The summed E-state index contributed by atoms with van der Waals surface area (Å²) in [5, 5.41) is 15.3.